The summed E-state index contributed by atoms with van der Waals surface area (Å²) in [6.07, 6.45) is 5.08. The second-order valence-corrected chi connectivity index (χ2v) is 8.77. The van der Waals surface area contributed by atoms with Gasteiger partial charge in [-0.1, -0.05) is 0 Å². The Balaban J connectivity index is 1.57. The first-order valence-electron chi connectivity index (χ1n) is 10.7. The summed E-state index contributed by atoms with van der Waals surface area (Å²) in [5, 5.41) is 1.45. The molecule has 4 aromatic rings. The monoisotopic (exact) mass is 434 g/mol. The smallest absolute Gasteiger partial charge is 0.326 e. The number of aryl methyl sites for hydroxylation is 2. The predicted octanol–water partition coefficient (Wildman–Crippen LogP) is 2.96. The van der Waals surface area contributed by atoms with E-state index in [1.54, 1.807) is 26.2 Å². The van der Waals surface area contributed by atoms with E-state index >= 15 is 0 Å². The third-order valence-electron chi connectivity index (χ3n) is 6.75. The molecular formula is C22H23FN8O. The third kappa shape index (κ3) is 2.79. The molecule has 1 aromatic carbocycles. The van der Waals surface area contributed by atoms with Crippen LogP contribution in [0, 0.1) is 25.6 Å². The standard InChI is InChI=1S/C22H23FN8O/c1-9-14(23)5-16(25)19-17(9)18-20(28-19)29-22(32-13-6-26-10(2)27-7-13)30-21(18)31-8-11-3-12(31)4-15(11)24/h5-7,11-12,15H,3-4,8,24-25H2,1-2H3,(H,28,29,30). The molecular weight excluding hydrogens is 411 g/mol. The van der Waals surface area contributed by atoms with Crippen molar-refractivity contribution in [3.8, 4) is 11.8 Å². The Labute approximate surface area is 183 Å². The van der Waals surface area contributed by atoms with Crippen LogP contribution in [0.1, 0.15) is 24.2 Å². The van der Waals surface area contributed by atoms with E-state index in [0.29, 0.717) is 51.1 Å². The molecule has 32 heavy (non-hydrogen) atoms. The second kappa shape index (κ2) is 6.73. The van der Waals surface area contributed by atoms with E-state index in [0.717, 1.165) is 24.8 Å². The zero-order valence-electron chi connectivity index (χ0n) is 17.8. The van der Waals surface area contributed by atoms with Gasteiger partial charge < -0.3 is 26.1 Å². The molecule has 10 heteroatoms. The maximum Gasteiger partial charge on any atom is 0.326 e. The summed E-state index contributed by atoms with van der Waals surface area (Å²) in [6, 6.07) is 1.97. The topological polar surface area (TPSA) is 132 Å². The van der Waals surface area contributed by atoms with Crippen LogP contribution in [0.25, 0.3) is 21.9 Å². The summed E-state index contributed by atoms with van der Waals surface area (Å²) in [5.74, 6) is 1.83. The van der Waals surface area contributed by atoms with Gasteiger partial charge in [-0.2, -0.15) is 9.97 Å². The quantitative estimate of drug-likeness (QED) is 0.419. The number of rotatable bonds is 3. The molecule has 2 bridgehead atoms. The molecule has 1 aliphatic carbocycles. The number of nitrogens with two attached hydrogens (primary N) is 2. The number of halogens is 1. The van der Waals surface area contributed by atoms with E-state index in [9.17, 15) is 4.39 Å². The van der Waals surface area contributed by atoms with E-state index in [4.69, 9.17) is 21.2 Å². The van der Waals surface area contributed by atoms with Crippen LogP contribution in [-0.2, 0) is 0 Å². The van der Waals surface area contributed by atoms with Gasteiger partial charge in [0.05, 0.1) is 29.0 Å². The second-order valence-electron chi connectivity index (χ2n) is 8.77. The minimum absolute atomic E-state index is 0.162. The molecule has 1 saturated carbocycles. The third-order valence-corrected chi connectivity index (χ3v) is 6.75. The van der Waals surface area contributed by atoms with Gasteiger partial charge in [-0.05, 0) is 44.2 Å². The van der Waals surface area contributed by atoms with Crippen molar-refractivity contribution in [2.24, 2.45) is 11.7 Å². The fourth-order valence-electron chi connectivity index (χ4n) is 5.13. The maximum absolute atomic E-state index is 14.6. The Hall–Kier alpha value is -3.53. The van der Waals surface area contributed by atoms with Crippen LogP contribution in [0.15, 0.2) is 18.5 Å². The largest absolute Gasteiger partial charge is 0.421 e. The highest BCUT2D eigenvalue weighted by Crippen LogP contribution is 2.44. The molecule has 3 atom stereocenters. The lowest BCUT2D eigenvalue weighted by atomic mass is 10.0. The van der Waals surface area contributed by atoms with Crippen LogP contribution < -0.4 is 21.1 Å². The Morgan fingerprint density at radius 3 is 2.62 bits per heavy atom. The van der Waals surface area contributed by atoms with Crippen LogP contribution in [-0.4, -0.2) is 43.5 Å². The fourth-order valence-corrected chi connectivity index (χ4v) is 5.13. The molecule has 0 amide bonds. The van der Waals surface area contributed by atoms with Gasteiger partial charge >= 0.3 is 6.01 Å². The maximum atomic E-state index is 14.6. The number of hydrogen-bond acceptors (Lipinski definition) is 8. The predicted molar refractivity (Wildman–Crippen MR) is 119 cm³/mol. The van der Waals surface area contributed by atoms with E-state index in [1.165, 1.54) is 6.07 Å². The van der Waals surface area contributed by atoms with Crippen LogP contribution in [0.2, 0.25) is 0 Å². The number of aromatic nitrogens is 5. The van der Waals surface area contributed by atoms with E-state index < -0.39 is 0 Å². The molecule has 1 saturated heterocycles. The molecule has 6 rings (SSSR count). The normalized spacial score (nSPS) is 22.4. The number of ether oxygens (including phenoxy) is 1. The molecule has 0 spiro atoms. The Morgan fingerprint density at radius 1 is 1.16 bits per heavy atom. The molecule has 3 aromatic heterocycles. The van der Waals surface area contributed by atoms with Crippen molar-refractivity contribution in [3.63, 3.8) is 0 Å². The summed E-state index contributed by atoms with van der Waals surface area (Å²) < 4.78 is 20.5. The lowest BCUT2D eigenvalue weighted by Crippen LogP contribution is -2.41. The van der Waals surface area contributed by atoms with Crippen molar-refractivity contribution in [1.29, 1.82) is 0 Å². The van der Waals surface area contributed by atoms with Gasteiger partial charge in [-0.15, -0.1) is 0 Å². The number of hydrogen-bond donors (Lipinski definition) is 3. The number of benzene rings is 1. The van der Waals surface area contributed by atoms with Crippen LogP contribution in [0.4, 0.5) is 15.9 Å². The van der Waals surface area contributed by atoms with Gasteiger partial charge in [0.2, 0.25) is 0 Å². The van der Waals surface area contributed by atoms with Gasteiger partial charge in [0.15, 0.2) is 5.75 Å². The molecule has 5 N–H and O–H groups in total. The number of aromatic amines is 1. The van der Waals surface area contributed by atoms with Gasteiger partial charge in [0.1, 0.15) is 23.1 Å². The highest BCUT2D eigenvalue weighted by Gasteiger charge is 2.44. The summed E-state index contributed by atoms with van der Waals surface area (Å²) in [6.45, 7) is 4.34. The number of piperidine rings is 1. The number of fused-ring (bicyclic) bond motifs is 5. The van der Waals surface area contributed by atoms with Crippen LogP contribution in [0.5, 0.6) is 11.8 Å². The number of nitrogen functional groups attached to an aromatic ring is 1. The van der Waals surface area contributed by atoms with Crippen molar-refractivity contribution in [2.75, 3.05) is 17.2 Å². The summed E-state index contributed by atoms with van der Waals surface area (Å²) in [5.41, 5.74) is 14.5. The van der Waals surface area contributed by atoms with Gasteiger partial charge in [-0.3, -0.25) is 0 Å². The van der Waals surface area contributed by atoms with E-state index in [-0.39, 0.29) is 23.9 Å². The lowest BCUT2D eigenvalue weighted by molar-refractivity contribution is 0.435. The van der Waals surface area contributed by atoms with Crippen LogP contribution in [0.3, 0.4) is 0 Å². The van der Waals surface area contributed by atoms with E-state index in [1.807, 2.05) is 0 Å². The molecule has 2 aliphatic rings. The molecule has 3 unspecified atom stereocenters. The van der Waals surface area contributed by atoms with Crippen LogP contribution >= 0.6 is 0 Å². The van der Waals surface area contributed by atoms with Gasteiger partial charge in [0.25, 0.3) is 0 Å². The van der Waals surface area contributed by atoms with Crippen molar-refractivity contribution >= 4 is 33.4 Å². The zero-order valence-corrected chi connectivity index (χ0v) is 17.8. The Kier molecular flexibility index (Phi) is 4.03. The number of anilines is 2. The highest BCUT2D eigenvalue weighted by atomic mass is 19.1. The Morgan fingerprint density at radius 2 is 1.94 bits per heavy atom. The first-order chi connectivity index (χ1) is 15.4. The van der Waals surface area contributed by atoms with Crippen molar-refractivity contribution < 1.29 is 9.13 Å². The lowest BCUT2D eigenvalue weighted by Gasteiger charge is -2.31. The average molecular weight is 434 g/mol. The molecule has 9 nitrogen and oxygen atoms in total. The van der Waals surface area contributed by atoms with Gasteiger partial charge in [-0.25, -0.2) is 14.4 Å². The fraction of sp³-hybridized carbons (Fsp3) is 0.364. The molecule has 164 valence electrons. The average Bonchev–Trinajstić information content (AvgIpc) is 3.45. The van der Waals surface area contributed by atoms with Crippen molar-refractivity contribution in [3.05, 3.63) is 35.7 Å². The van der Waals surface area contributed by atoms with Gasteiger partial charge in [0, 0.05) is 24.0 Å². The summed E-state index contributed by atoms with van der Waals surface area (Å²) >= 11 is 0. The van der Waals surface area contributed by atoms with Crippen molar-refractivity contribution in [1.82, 2.24) is 24.9 Å². The number of nitrogens with zero attached hydrogens (tertiary/aromatic N) is 5. The minimum Gasteiger partial charge on any atom is -0.421 e. The molecule has 0 radical (unpaired) electrons. The Bertz CT molecular complexity index is 1370. The van der Waals surface area contributed by atoms with E-state index in [2.05, 4.69) is 24.8 Å². The SMILES string of the molecule is Cc1ncc(Oc2nc(N3CC4CC3CC4N)c3c(n2)[nH]c2c(N)cc(F)c(C)c23)cn1. The molecule has 1 aliphatic heterocycles. The number of nitrogens with one attached hydrogen (secondary N) is 1. The summed E-state index contributed by atoms with van der Waals surface area (Å²) in [4.78, 5) is 23.2. The highest BCUT2D eigenvalue weighted by molar-refractivity contribution is 6.15. The minimum atomic E-state index is -0.357. The molecule has 4 heterocycles. The number of H-pyrrole nitrogens is 1. The zero-order chi connectivity index (χ0) is 22.1. The molecule has 2 fully saturated rings. The van der Waals surface area contributed by atoms with Crippen molar-refractivity contribution in [2.45, 2.75) is 38.8 Å². The first-order valence-corrected chi connectivity index (χ1v) is 10.7. The summed E-state index contributed by atoms with van der Waals surface area (Å²) in [7, 11) is 0. The first kappa shape index (κ1) is 19.2.